The molecule has 0 fully saturated rings. The molecule has 1 aromatic carbocycles. The van der Waals surface area contributed by atoms with Crippen molar-refractivity contribution < 1.29 is 19.1 Å². The highest BCUT2D eigenvalue weighted by atomic mass is 16.5. The molecular formula is C27H41N3O4. The molecule has 0 spiro atoms. The van der Waals surface area contributed by atoms with Gasteiger partial charge in [0.1, 0.15) is 5.75 Å². The van der Waals surface area contributed by atoms with Crippen LogP contribution in [0.4, 0.5) is 0 Å². The second-order valence-electron chi connectivity index (χ2n) is 9.54. The lowest BCUT2D eigenvalue weighted by atomic mass is 10.1. The van der Waals surface area contributed by atoms with Crippen LogP contribution in [0.25, 0.3) is 0 Å². The Kier molecular flexibility index (Phi) is 10.6. The average Bonchev–Trinajstić information content (AvgIpc) is 3.22. The summed E-state index contributed by atoms with van der Waals surface area (Å²) in [6.07, 6.45) is 3.94. The van der Waals surface area contributed by atoms with Crippen LogP contribution >= 0.6 is 0 Å². The van der Waals surface area contributed by atoms with Crippen molar-refractivity contribution in [3.63, 3.8) is 0 Å². The Morgan fingerprint density at radius 2 is 1.82 bits per heavy atom. The molecule has 0 radical (unpaired) electrons. The molecule has 0 aliphatic rings. The van der Waals surface area contributed by atoms with Crippen LogP contribution < -0.4 is 4.74 Å². The molecule has 1 aromatic heterocycles. The summed E-state index contributed by atoms with van der Waals surface area (Å²) in [4.78, 5) is 29.7. The minimum atomic E-state index is -0.395. The summed E-state index contributed by atoms with van der Waals surface area (Å²) in [6.45, 7) is 10.4. The van der Waals surface area contributed by atoms with Crippen molar-refractivity contribution in [2.75, 3.05) is 33.9 Å². The number of benzene rings is 1. The number of ether oxygens (including phenoxy) is 2. The van der Waals surface area contributed by atoms with Crippen LogP contribution in [0.3, 0.4) is 0 Å². The molecule has 0 bridgehead atoms. The van der Waals surface area contributed by atoms with Gasteiger partial charge in [-0.15, -0.1) is 0 Å². The summed E-state index contributed by atoms with van der Waals surface area (Å²) in [5.41, 5.74) is 1.77. The molecule has 0 N–H and O–H groups in total. The van der Waals surface area contributed by atoms with Crippen LogP contribution in [0.2, 0.25) is 0 Å². The quantitative estimate of drug-likeness (QED) is 0.408. The molecule has 0 aliphatic carbocycles. The number of methoxy groups -OCH3 is 2. The van der Waals surface area contributed by atoms with Gasteiger partial charge < -0.3 is 23.8 Å². The van der Waals surface area contributed by atoms with Crippen molar-refractivity contribution in [2.45, 2.75) is 65.6 Å². The van der Waals surface area contributed by atoms with Crippen LogP contribution in [0.1, 0.15) is 58.2 Å². The Bertz CT molecular complexity index is 917. The molecule has 7 nitrogen and oxygen atoms in total. The number of hydrogen-bond donors (Lipinski definition) is 0. The Morgan fingerprint density at radius 1 is 1.06 bits per heavy atom. The molecule has 34 heavy (non-hydrogen) atoms. The summed E-state index contributed by atoms with van der Waals surface area (Å²) < 4.78 is 12.6. The third-order valence-corrected chi connectivity index (χ3v) is 5.76. The van der Waals surface area contributed by atoms with E-state index in [1.54, 1.807) is 19.1 Å². The van der Waals surface area contributed by atoms with E-state index in [2.05, 4.69) is 10.6 Å². The molecular weight excluding hydrogens is 430 g/mol. The summed E-state index contributed by atoms with van der Waals surface area (Å²) in [5, 5.41) is 0. The van der Waals surface area contributed by atoms with Gasteiger partial charge in [-0.3, -0.25) is 9.59 Å². The maximum absolute atomic E-state index is 13.5. The first-order valence-electron chi connectivity index (χ1n) is 12.0. The minimum absolute atomic E-state index is 0.0159. The first-order valence-corrected chi connectivity index (χ1v) is 12.0. The largest absolute Gasteiger partial charge is 0.497 e. The maximum Gasteiger partial charge on any atom is 0.242 e. The molecule has 2 aromatic rings. The first-order chi connectivity index (χ1) is 16.2. The molecule has 0 unspecified atom stereocenters. The number of rotatable bonds is 13. The number of carbonyl (C=O) groups is 2. The fourth-order valence-corrected chi connectivity index (χ4v) is 3.89. The molecule has 1 heterocycles. The van der Waals surface area contributed by atoms with Crippen LogP contribution in [-0.2, 0) is 27.4 Å². The molecule has 0 atom stereocenters. The zero-order valence-corrected chi connectivity index (χ0v) is 21.7. The van der Waals surface area contributed by atoms with E-state index >= 15 is 0 Å². The van der Waals surface area contributed by atoms with Crippen LogP contribution in [0.5, 0.6) is 5.75 Å². The lowest BCUT2D eigenvalue weighted by Crippen LogP contribution is -2.50. The predicted molar refractivity (Wildman–Crippen MR) is 135 cm³/mol. The number of carbonyl (C=O) groups excluding carboxylic acids is 2. The van der Waals surface area contributed by atoms with Crippen molar-refractivity contribution >= 4 is 11.8 Å². The Balaban J connectivity index is 2.19. The highest BCUT2D eigenvalue weighted by Gasteiger charge is 2.29. The smallest absolute Gasteiger partial charge is 0.242 e. The Labute approximate surface area is 204 Å². The van der Waals surface area contributed by atoms with Crippen LogP contribution in [-0.4, -0.2) is 65.6 Å². The van der Waals surface area contributed by atoms with Crippen molar-refractivity contribution in [1.29, 1.82) is 0 Å². The molecule has 0 aliphatic heterocycles. The topological polar surface area (TPSA) is 64.0 Å². The fraction of sp³-hybridized carbons (Fsp3) is 0.556. The van der Waals surface area contributed by atoms with Gasteiger partial charge in [0, 0.05) is 50.7 Å². The summed E-state index contributed by atoms with van der Waals surface area (Å²) in [6, 6.07) is 12.0. The molecule has 2 rings (SSSR count). The van der Waals surface area contributed by atoms with E-state index < -0.39 is 5.54 Å². The Morgan fingerprint density at radius 3 is 2.47 bits per heavy atom. The number of aromatic nitrogens is 1. The van der Waals surface area contributed by atoms with Gasteiger partial charge in [-0.2, -0.15) is 0 Å². The van der Waals surface area contributed by atoms with Gasteiger partial charge in [-0.05, 0) is 63.4 Å². The molecule has 2 amide bonds. The first kappa shape index (κ1) is 27.4. The molecule has 188 valence electrons. The van der Waals surface area contributed by atoms with Crippen molar-refractivity contribution in [1.82, 2.24) is 14.4 Å². The van der Waals surface area contributed by atoms with Gasteiger partial charge >= 0.3 is 0 Å². The van der Waals surface area contributed by atoms with Gasteiger partial charge in [-0.25, -0.2) is 0 Å². The van der Waals surface area contributed by atoms with Crippen molar-refractivity contribution in [2.24, 2.45) is 0 Å². The zero-order chi connectivity index (χ0) is 25.1. The summed E-state index contributed by atoms with van der Waals surface area (Å²) in [7, 11) is 3.31. The van der Waals surface area contributed by atoms with Crippen molar-refractivity contribution in [3.05, 3.63) is 53.9 Å². The predicted octanol–water partition coefficient (Wildman–Crippen LogP) is 4.34. The second kappa shape index (κ2) is 13.2. The monoisotopic (exact) mass is 471 g/mol. The van der Waals surface area contributed by atoms with E-state index in [9.17, 15) is 9.59 Å². The third kappa shape index (κ3) is 8.20. The highest BCUT2D eigenvalue weighted by Crippen LogP contribution is 2.21. The SMILES string of the molecule is CCCC(=O)N(CCCOC)CC(=O)N(Cc1cccn1Cc1cccc(OC)c1)C(C)(C)C. The second-order valence-corrected chi connectivity index (χ2v) is 9.54. The number of amides is 2. The molecule has 7 heteroatoms. The summed E-state index contributed by atoms with van der Waals surface area (Å²) >= 11 is 0. The van der Waals surface area contributed by atoms with E-state index in [1.165, 1.54) is 0 Å². The molecule has 0 saturated carbocycles. The normalized spacial score (nSPS) is 11.4. The zero-order valence-electron chi connectivity index (χ0n) is 21.7. The van der Waals surface area contributed by atoms with E-state index in [0.717, 1.165) is 23.4 Å². The van der Waals surface area contributed by atoms with Gasteiger partial charge in [0.25, 0.3) is 0 Å². The lowest BCUT2D eigenvalue weighted by molar-refractivity contribution is -0.144. The van der Waals surface area contributed by atoms with Gasteiger partial charge in [0.2, 0.25) is 11.8 Å². The Hall–Kier alpha value is -2.80. The van der Waals surface area contributed by atoms with E-state index in [-0.39, 0.29) is 18.4 Å². The van der Waals surface area contributed by atoms with E-state index in [4.69, 9.17) is 9.47 Å². The highest BCUT2D eigenvalue weighted by molar-refractivity contribution is 5.85. The third-order valence-electron chi connectivity index (χ3n) is 5.76. The van der Waals surface area contributed by atoms with Gasteiger partial charge in [0.05, 0.1) is 20.2 Å². The average molecular weight is 472 g/mol. The van der Waals surface area contributed by atoms with Crippen LogP contribution in [0, 0.1) is 0 Å². The van der Waals surface area contributed by atoms with Crippen LogP contribution in [0.15, 0.2) is 42.6 Å². The molecule has 0 saturated heterocycles. The number of hydrogen-bond acceptors (Lipinski definition) is 4. The van der Waals surface area contributed by atoms with Gasteiger partial charge in [0.15, 0.2) is 0 Å². The van der Waals surface area contributed by atoms with Crippen molar-refractivity contribution in [3.8, 4) is 5.75 Å². The van der Waals surface area contributed by atoms with E-state index in [1.807, 2.05) is 69.1 Å². The minimum Gasteiger partial charge on any atom is -0.497 e. The summed E-state index contributed by atoms with van der Waals surface area (Å²) in [5.74, 6) is 0.786. The van der Waals surface area contributed by atoms with Gasteiger partial charge in [-0.1, -0.05) is 19.1 Å². The maximum atomic E-state index is 13.5. The lowest BCUT2D eigenvalue weighted by Gasteiger charge is -2.37. The van der Waals surface area contributed by atoms with E-state index in [0.29, 0.717) is 39.1 Å². The number of nitrogens with zero attached hydrogens (tertiary/aromatic N) is 3. The fourth-order valence-electron chi connectivity index (χ4n) is 3.89. The standard InChI is InChI=1S/C27H41N3O4/c1-7-11-25(31)29(16-10-17-33-5)21-26(32)30(27(2,3)4)20-23-13-9-15-28(23)19-22-12-8-14-24(18-22)34-6/h8-9,12-15,18H,7,10-11,16-17,19-21H2,1-6H3.